The third-order valence-electron chi connectivity index (χ3n) is 3.07. The Hall–Kier alpha value is -1.39. The van der Waals surface area contributed by atoms with Gasteiger partial charge >= 0.3 is 0 Å². The number of hydrogen-bond donors (Lipinski definition) is 3. The van der Waals surface area contributed by atoms with E-state index >= 15 is 0 Å². The molecule has 1 amide bonds. The van der Waals surface area contributed by atoms with Crippen LogP contribution in [0.4, 0.5) is 0 Å². The number of amides is 1. The predicted octanol–water partition coefficient (Wildman–Crippen LogP) is 0.370. The molecule has 1 aromatic carbocycles. The van der Waals surface area contributed by atoms with E-state index in [2.05, 4.69) is 10.6 Å². The highest BCUT2D eigenvalue weighted by molar-refractivity contribution is 5.84. The van der Waals surface area contributed by atoms with Crippen LogP contribution in [0.15, 0.2) is 24.3 Å². The van der Waals surface area contributed by atoms with Crippen molar-refractivity contribution >= 4 is 5.91 Å². The first-order chi connectivity index (χ1) is 8.22. The van der Waals surface area contributed by atoms with Crippen molar-refractivity contribution in [2.24, 2.45) is 0 Å². The number of rotatable bonds is 3. The fraction of sp³-hybridized carbons (Fsp3) is 0.462. The quantitative estimate of drug-likeness (QED) is 0.708. The van der Waals surface area contributed by atoms with Crippen LogP contribution >= 0.6 is 0 Å². The number of fused-ring (bicyclic) bond motifs is 1. The lowest BCUT2D eigenvalue weighted by molar-refractivity contribution is -0.123. The minimum Gasteiger partial charge on any atom is -0.394 e. The smallest absolute Gasteiger partial charge is 0.229 e. The van der Waals surface area contributed by atoms with Gasteiger partial charge in [0.15, 0.2) is 0 Å². The van der Waals surface area contributed by atoms with Crippen molar-refractivity contribution in [1.29, 1.82) is 0 Å². The molecule has 0 aliphatic carbocycles. The van der Waals surface area contributed by atoms with Crippen molar-refractivity contribution in [3.05, 3.63) is 35.4 Å². The van der Waals surface area contributed by atoms with Gasteiger partial charge in [0.2, 0.25) is 5.91 Å². The zero-order chi connectivity index (χ0) is 12.3. The van der Waals surface area contributed by atoms with Crippen LogP contribution in [0.1, 0.15) is 24.0 Å². The number of carbonyl (C=O) groups is 1. The van der Waals surface area contributed by atoms with E-state index in [0.29, 0.717) is 6.54 Å². The van der Waals surface area contributed by atoms with Crippen molar-refractivity contribution in [2.75, 3.05) is 13.2 Å². The zero-order valence-electron chi connectivity index (χ0n) is 9.94. The van der Waals surface area contributed by atoms with E-state index in [1.807, 2.05) is 24.3 Å². The van der Waals surface area contributed by atoms with Gasteiger partial charge in [0, 0.05) is 19.1 Å². The Bertz CT molecular complexity index is 406. The van der Waals surface area contributed by atoms with E-state index in [0.717, 1.165) is 12.1 Å². The van der Waals surface area contributed by atoms with Gasteiger partial charge in [0.25, 0.3) is 0 Å². The molecular weight excluding hydrogens is 216 g/mol. The van der Waals surface area contributed by atoms with E-state index in [4.69, 9.17) is 5.11 Å². The monoisotopic (exact) mass is 234 g/mol. The van der Waals surface area contributed by atoms with Crippen LogP contribution in [0.25, 0.3) is 0 Å². The van der Waals surface area contributed by atoms with Gasteiger partial charge in [-0.2, -0.15) is 0 Å². The van der Waals surface area contributed by atoms with E-state index in [1.54, 1.807) is 6.92 Å². The maximum absolute atomic E-state index is 12.1. The highest BCUT2D eigenvalue weighted by Gasteiger charge is 2.26. The molecule has 0 fully saturated rings. The second-order valence-corrected chi connectivity index (χ2v) is 4.47. The molecule has 1 aromatic rings. The molecule has 0 spiro atoms. The van der Waals surface area contributed by atoms with Gasteiger partial charge in [0.1, 0.15) is 0 Å². The van der Waals surface area contributed by atoms with Gasteiger partial charge in [-0.05, 0) is 18.1 Å². The molecule has 17 heavy (non-hydrogen) atoms. The fourth-order valence-corrected chi connectivity index (χ4v) is 2.12. The van der Waals surface area contributed by atoms with Gasteiger partial charge in [-0.1, -0.05) is 24.3 Å². The lowest BCUT2D eigenvalue weighted by Gasteiger charge is -2.26. The number of nitrogens with one attached hydrogen (secondary N) is 2. The first kappa shape index (κ1) is 12.1. The van der Waals surface area contributed by atoms with Crippen LogP contribution in [0, 0.1) is 0 Å². The first-order valence-electron chi connectivity index (χ1n) is 5.92. The molecule has 2 rings (SSSR count). The molecule has 4 nitrogen and oxygen atoms in total. The summed E-state index contributed by atoms with van der Waals surface area (Å²) >= 11 is 0. The lowest BCUT2D eigenvalue weighted by Crippen LogP contribution is -2.43. The summed E-state index contributed by atoms with van der Waals surface area (Å²) in [5.41, 5.74) is 2.27. The highest BCUT2D eigenvalue weighted by Crippen LogP contribution is 2.23. The van der Waals surface area contributed by atoms with Crippen molar-refractivity contribution in [1.82, 2.24) is 10.6 Å². The van der Waals surface area contributed by atoms with Gasteiger partial charge in [-0.15, -0.1) is 0 Å². The number of carbonyl (C=O) groups excluding carboxylic acids is 1. The van der Waals surface area contributed by atoms with Crippen LogP contribution < -0.4 is 10.6 Å². The highest BCUT2D eigenvalue weighted by atomic mass is 16.3. The molecule has 1 aliphatic rings. The summed E-state index contributed by atoms with van der Waals surface area (Å²) < 4.78 is 0. The molecule has 3 N–H and O–H groups in total. The molecule has 0 saturated carbocycles. The summed E-state index contributed by atoms with van der Waals surface area (Å²) in [6, 6.07) is 7.79. The summed E-state index contributed by atoms with van der Waals surface area (Å²) in [7, 11) is 0. The predicted molar refractivity (Wildman–Crippen MR) is 65.6 cm³/mol. The Kier molecular flexibility index (Phi) is 3.76. The summed E-state index contributed by atoms with van der Waals surface area (Å²) in [6.07, 6.45) is 0. The number of aliphatic hydroxyl groups excluding tert-OH is 1. The van der Waals surface area contributed by atoms with E-state index in [9.17, 15) is 4.79 Å². The SMILES string of the molecule is C[C@H](CO)NC(=O)C1CNCc2ccccc21. The van der Waals surface area contributed by atoms with Gasteiger partial charge in [-0.3, -0.25) is 4.79 Å². The van der Waals surface area contributed by atoms with Crippen molar-refractivity contribution in [3.8, 4) is 0 Å². The number of hydrogen-bond acceptors (Lipinski definition) is 3. The van der Waals surface area contributed by atoms with Crippen LogP contribution in [0.5, 0.6) is 0 Å². The Balaban J connectivity index is 2.15. The van der Waals surface area contributed by atoms with Crippen molar-refractivity contribution in [2.45, 2.75) is 25.4 Å². The Morgan fingerprint density at radius 2 is 2.35 bits per heavy atom. The molecular formula is C13H18N2O2. The maximum Gasteiger partial charge on any atom is 0.229 e. The molecule has 2 atom stereocenters. The Morgan fingerprint density at radius 3 is 3.12 bits per heavy atom. The van der Waals surface area contributed by atoms with Gasteiger partial charge in [-0.25, -0.2) is 0 Å². The largest absolute Gasteiger partial charge is 0.394 e. The van der Waals surface area contributed by atoms with Crippen LogP contribution in [-0.2, 0) is 11.3 Å². The maximum atomic E-state index is 12.1. The molecule has 1 heterocycles. The minimum absolute atomic E-state index is 0.0220. The third-order valence-corrected chi connectivity index (χ3v) is 3.07. The average Bonchev–Trinajstić information content (AvgIpc) is 2.37. The second-order valence-electron chi connectivity index (χ2n) is 4.47. The van der Waals surface area contributed by atoms with Gasteiger partial charge < -0.3 is 15.7 Å². The Labute approximate surface area is 101 Å². The molecule has 0 aromatic heterocycles. The molecule has 0 bridgehead atoms. The molecule has 92 valence electrons. The van der Waals surface area contributed by atoms with E-state index in [-0.39, 0.29) is 24.5 Å². The molecule has 0 radical (unpaired) electrons. The topological polar surface area (TPSA) is 61.4 Å². The molecule has 1 unspecified atom stereocenters. The zero-order valence-corrected chi connectivity index (χ0v) is 9.94. The molecule has 1 aliphatic heterocycles. The summed E-state index contributed by atoms with van der Waals surface area (Å²) in [4.78, 5) is 12.1. The average molecular weight is 234 g/mol. The lowest BCUT2D eigenvalue weighted by atomic mass is 9.90. The van der Waals surface area contributed by atoms with E-state index < -0.39 is 0 Å². The van der Waals surface area contributed by atoms with Gasteiger partial charge in [0.05, 0.1) is 12.5 Å². The number of benzene rings is 1. The molecule has 0 saturated heterocycles. The minimum atomic E-state index is -0.198. The van der Waals surface area contributed by atoms with Crippen LogP contribution in [0.3, 0.4) is 0 Å². The fourth-order valence-electron chi connectivity index (χ4n) is 2.12. The normalized spacial score (nSPS) is 20.5. The summed E-state index contributed by atoms with van der Waals surface area (Å²) in [5, 5.41) is 15.0. The second kappa shape index (κ2) is 5.29. The van der Waals surface area contributed by atoms with Crippen LogP contribution in [0.2, 0.25) is 0 Å². The molecule has 4 heteroatoms. The standard InChI is InChI=1S/C13H18N2O2/c1-9(8-16)15-13(17)12-7-14-6-10-4-2-3-5-11(10)12/h2-5,9,12,14,16H,6-8H2,1H3,(H,15,17)/t9-,12?/m1/s1. The summed E-state index contributed by atoms with van der Waals surface area (Å²) in [5.74, 6) is -0.180. The summed E-state index contributed by atoms with van der Waals surface area (Å²) in [6.45, 7) is 3.23. The van der Waals surface area contributed by atoms with Crippen molar-refractivity contribution in [3.63, 3.8) is 0 Å². The Morgan fingerprint density at radius 1 is 1.59 bits per heavy atom. The van der Waals surface area contributed by atoms with Crippen LogP contribution in [-0.4, -0.2) is 30.2 Å². The van der Waals surface area contributed by atoms with E-state index in [1.165, 1.54) is 5.56 Å². The first-order valence-corrected chi connectivity index (χ1v) is 5.92. The van der Waals surface area contributed by atoms with Crippen molar-refractivity contribution < 1.29 is 9.90 Å². The third kappa shape index (κ3) is 2.65. The number of aliphatic hydroxyl groups is 1.